The van der Waals surface area contributed by atoms with E-state index in [9.17, 15) is 8.42 Å². The summed E-state index contributed by atoms with van der Waals surface area (Å²) in [6.45, 7) is 0. The summed E-state index contributed by atoms with van der Waals surface area (Å²) in [7, 11) is 1.24. The molecule has 7 heteroatoms. The molecule has 0 atom stereocenters. The fraction of sp³-hybridized carbons (Fsp3) is 0. The maximum Gasteiger partial charge on any atom is 0.342 e. The second-order valence-electron chi connectivity index (χ2n) is 2.36. The Morgan fingerprint density at radius 1 is 1.31 bits per heavy atom. The van der Waals surface area contributed by atoms with Gasteiger partial charge in [0.05, 0.1) is 0 Å². The molecule has 5 nitrogen and oxygen atoms in total. The van der Waals surface area contributed by atoms with Crippen LogP contribution in [0.1, 0.15) is 0 Å². The molecule has 0 radical (unpaired) electrons. The summed E-state index contributed by atoms with van der Waals surface area (Å²) in [5.41, 5.74) is 0.865. The van der Waals surface area contributed by atoms with Crippen molar-refractivity contribution in [1.29, 1.82) is 0 Å². The highest BCUT2D eigenvalue weighted by Crippen LogP contribution is 2.13. The smallest absolute Gasteiger partial charge is 0.187 e. The number of halogens is 1. The van der Waals surface area contributed by atoms with Gasteiger partial charge in [-0.1, -0.05) is 12.1 Å². The average molecular weight is 218 g/mol. The Bertz CT molecular complexity index is 548. The molecular formula is C6H4ClN3O2S. The first kappa shape index (κ1) is 8.46. The molecule has 2 rings (SSSR count). The van der Waals surface area contributed by atoms with Crippen molar-refractivity contribution >= 4 is 31.0 Å². The van der Waals surface area contributed by atoms with E-state index in [1.54, 1.807) is 24.3 Å². The van der Waals surface area contributed by atoms with Crippen molar-refractivity contribution in [3.8, 4) is 0 Å². The molecule has 0 aliphatic heterocycles. The third-order valence-corrected chi connectivity index (χ3v) is 2.60. The number of aromatic nitrogens is 3. The minimum absolute atomic E-state index is 0.373. The average Bonchev–Trinajstić information content (AvgIpc) is 2.45. The Hall–Kier alpha value is -1.14. The quantitative estimate of drug-likeness (QED) is 0.662. The first-order valence-corrected chi connectivity index (χ1v) is 5.61. The lowest BCUT2D eigenvalue weighted by atomic mass is 10.3. The van der Waals surface area contributed by atoms with Crippen LogP contribution in [0.3, 0.4) is 0 Å². The van der Waals surface area contributed by atoms with Crippen LogP contribution in [0.25, 0.3) is 11.0 Å². The Labute approximate surface area is 78.5 Å². The normalized spacial score (nSPS) is 12.1. The number of para-hydroxylation sites is 1. The van der Waals surface area contributed by atoms with Crippen LogP contribution >= 0.6 is 10.7 Å². The highest BCUT2D eigenvalue weighted by Gasteiger charge is 2.13. The van der Waals surface area contributed by atoms with E-state index in [2.05, 4.69) is 10.3 Å². The van der Waals surface area contributed by atoms with Crippen LogP contribution in [0.4, 0.5) is 0 Å². The van der Waals surface area contributed by atoms with Crippen molar-refractivity contribution in [3.63, 3.8) is 0 Å². The van der Waals surface area contributed by atoms with Crippen molar-refractivity contribution in [2.24, 2.45) is 0 Å². The van der Waals surface area contributed by atoms with Gasteiger partial charge in [0.1, 0.15) is 11.0 Å². The zero-order valence-electron chi connectivity index (χ0n) is 6.25. The molecule has 0 fully saturated rings. The summed E-state index contributed by atoms with van der Waals surface area (Å²) < 4.78 is 22.6. The third-order valence-electron chi connectivity index (χ3n) is 1.53. The van der Waals surface area contributed by atoms with Gasteiger partial charge in [-0.2, -0.15) is 8.42 Å². The van der Waals surface area contributed by atoms with Gasteiger partial charge in [0.15, 0.2) is 0 Å². The predicted octanol–water partition coefficient (Wildman–Crippen LogP) is 0.763. The number of rotatable bonds is 1. The first-order chi connectivity index (χ1) is 6.09. The van der Waals surface area contributed by atoms with Crippen molar-refractivity contribution in [2.45, 2.75) is 0 Å². The number of nitrogens with zero attached hydrogens (tertiary/aromatic N) is 3. The molecule has 0 bridgehead atoms. The lowest BCUT2D eigenvalue weighted by Crippen LogP contribution is -2.06. The molecule has 1 aromatic heterocycles. The van der Waals surface area contributed by atoms with Gasteiger partial charge in [-0.25, -0.2) is 0 Å². The van der Waals surface area contributed by atoms with Crippen LogP contribution in [0.2, 0.25) is 0 Å². The monoisotopic (exact) mass is 217 g/mol. The maximum absolute atomic E-state index is 10.9. The summed E-state index contributed by atoms with van der Waals surface area (Å²) in [6, 6.07) is 6.66. The molecule has 0 saturated carbocycles. The molecule has 0 aliphatic rings. The maximum atomic E-state index is 10.9. The zero-order valence-corrected chi connectivity index (χ0v) is 7.83. The van der Waals surface area contributed by atoms with Crippen LogP contribution < -0.4 is 0 Å². The SMILES string of the molecule is O=S(=O)(Cl)n1nnc2ccccc21. The summed E-state index contributed by atoms with van der Waals surface area (Å²) in [5.74, 6) is 0. The van der Waals surface area contributed by atoms with E-state index in [1.165, 1.54) is 0 Å². The zero-order chi connectivity index (χ0) is 9.47. The Balaban J connectivity index is 2.87. The fourth-order valence-corrected chi connectivity index (χ4v) is 1.83. The van der Waals surface area contributed by atoms with E-state index in [0.29, 0.717) is 15.1 Å². The molecule has 13 heavy (non-hydrogen) atoms. The van der Waals surface area contributed by atoms with Gasteiger partial charge >= 0.3 is 9.24 Å². The highest BCUT2D eigenvalue weighted by atomic mass is 35.7. The largest absolute Gasteiger partial charge is 0.342 e. The van der Waals surface area contributed by atoms with Crippen molar-refractivity contribution in [1.82, 2.24) is 14.4 Å². The summed E-state index contributed by atoms with van der Waals surface area (Å²) in [6.07, 6.45) is 0. The second kappa shape index (κ2) is 2.68. The molecule has 2 aromatic rings. The second-order valence-corrected chi connectivity index (χ2v) is 4.70. The molecule has 68 valence electrons. The van der Waals surface area contributed by atoms with Crippen LogP contribution in [0.5, 0.6) is 0 Å². The van der Waals surface area contributed by atoms with Crippen molar-refractivity contribution < 1.29 is 8.42 Å². The number of fused-ring (bicyclic) bond motifs is 1. The summed E-state index contributed by atoms with van der Waals surface area (Å²) in [4.78, 5) is 0. The van der Waals surface area contributed by atoms with Gasteiger partial charge in [0, 0.05) is 10.7 Å². The first-order valence-electron chi connectivity index (χ1n) is 3.34. The molecule has 0 aliphatic carbocycles. The van der Waals surface area contributed by atoms with Crippen LogP contribution in [0.15, 0.2) is 24.3 Å². The van der Waals surface area contributed by atoms with Gasteiger partial charge < -0.3 is 0 Å². The number of hydrogen-bond donors (Lipinski definition) is 0. The van der Waals surface area contributed by atoms with Gasteiger partial charge in [-0.15, -0.1) is 9.19 Å². The van der Waals surface area contributed by atoms with E-state index in [4.69, 9.17) is 10.7 Å². The standard InChI is InChI=1S/C6H4ClN3O2S/c7-13(11,12)10-6-4-2-1-3-5(6)8-9-10/h1-4H. The van der Waals surface area contributed by atoms with E-state index in [1.807, 2.05) is 0 Å². The molecule has 0 amide bonds. The van der Waals surface area contributed by atoms with Gasteiger partial charge in [-0.05, 0) is 17.3 Å². The lowest BCUT2D eigenvalue weighted by Gasteiger charge is -1.93. The highest BCUT2D eigenvalue weighted by molar-refractivity contribution is 8.12. The van der Waals surface area contributed by atoms with Gasteiger partial charge in [0.2, 0.25) is 0 Å². The van der Waals surface area contributed by atoms with Crippen LogP contribution in [0, 0.1) is 0 Å². The topological polar surface area (TPSA) is 64.8 Å². The van der Waals surface area contributed by atoms with E-state index < -0.39 is 9.24 Å². The molecule has 0 spiro atoms. The fourth-order valence-electron chi connectivity index (χ4n) is 1.01. The lowest BCUT2D eigenvalue weighted by molar-refractivity contribution is 0.594. The molecule has 0 saturated heterocycles. The molecule has 0 unspecified atom stereocenters. The Kier molecular flexibility index (Phi) is 1.74. The van der Waals surface area contributed by atoms with Crippen molar-refractivity contribution in [2.75, 3.05) is 0 Å². The minimum atomic E-state index is -3.87. The van der Waals surface area contributed by atoms with Gasteiger partial charge in [0.25, 0.3) is 0 Å². The number of benzene rings is 1. The van der Waals surface area contributed by atoms with E-state index >= 15 is 0 Å². The summed E-state index contributed by atoms with van der Waals surface area (Å²) >= 11 is 0. The Morgan fingerprint density at radius 3 is 2.69 bits per heavy atom. The van der Waals surface area contributed by atoms with Gasteiger partial charge in [-0.3, -0.25) is 0 Å². The van der Waals surface area contributed by atoms with E-state index in [-0.39, 0.29) is 0 Å². The molecule has 1 aromatic carbocycles. The van der Waals surface area contributed by atoms with Crippen molar-refractivity contribution in [3.05, 3.63) is 24.3 Å². The van der Waals surface area contributed by atoms with Crippen LogP contribution in [-0.2, 0) is 9.24 Å². The van der Waals surface area contributed by atoms with Crippen LogP contribution in [-0.4, -0.2) is 22.8 Å². The Morgan fingerprint density at radius 2 is 2.00 bits per heavy atom. The number of hydrogen-bond acceptors (Lipinski definition) is 4. The predicted molar refractivity (Wildman–Crippen MR) is 47.7 cm³/mol. The van der Waals surface area contributed by atoms with E-state index in [0.717, 1.165) is 0 Å². The molecule has 0 N–H and O–H groups in total. The third kappa shape index (κ3) is 1.38. The molecular weight excluding hydrogens is 214 g/mol. The summed E-state index contributed by atoms with van der Waals surface area (Å²) in [5, 5.41) is 7.05. The minimum Gasteiger partial charge on any atom is -0.187 e. The molecule has 1 heterocycles.